The molecule has 2 rings (SSSR count). The average Bonchev–Trinajstić information content (AvgIpc) is 2.48. The highest BCUT2D eigenvalue weighted by Gasteiger charge is 2.32. The minimum absolute atomic E-state index is 0.480. The zero-order valence-corrected chi connectivity index (χ0v) is 10.5. The fourth-order valence-corrected chi connectivity index (χ4v) is 2.66. The van der Waals surface area contributed by atoms with E-state index in [4.69, 9.17) is 23.2 Å². The largest absolute Gasteiger partial charge is 0.385 e. The zero-order valence-electron chi connectivity index (χ0n) is 8.97. The van der Waals surface area contributed by atoms with Crippen molar-refractivity contribution in [2.45, 2.75) is 24.9 Å². The third-order valence-electron chi connectivity index (χ3n) is 3.11. The summed E-state index contributed by atoms with van der Waals surface area (Å²) in [5.41, 5.74) is -0.0868. The summed E-state index contributed by atoms with van der Waals surface area (Å²) in [7, 11) is 0. The third-order valence-corrected chi connectivity index (χ3v) is 3.93. The lowest BCUT2D eigenvalue weighted by molar-refractivity contribution is 0.0241. The first-order chi connectivity index (χ1) is 7.63. The summed E-state index contributed by atoms with van der Waals surface area (Å²) in [6, 6.07) is 5.44. The molecule has 16 heavy (non-hydrogen) atoms. The second kappa shape index (κ2) is 4.92. The van der Waals surface area contributed by atoms with E-state index in [-0.39, 0.29) is 0 Å². The molecule has 1 heterocycles. The molecule has 1 atom stereocenters. The highest BCUT2D eigenvalue weighted by molar-refractivity contribution is 6.42. The SMILES string of the molecule is OC1(c2cccc(Cl)c2Cl)CCCNCC1. The molecule has 0 radical (unpaired) electrons. The van der Waals surface area contributed by atoms with Gasteiger partial charge in [0.15, 0.2) is 0 Å². The van der Waals surface area contributed by atoms with Crippen LogP contribution in [0.2, 0.25) is 10.0 Å². The highest BCUT2D eigenvalue weighted by atomic mass is 35.5. The number of rotatable bonds is 1. The number of hydrogen-bond donors (Lipinski definition) is 2. The Hall–Kier alpha value is -0.280. The zero-order chi connectivity index (χ0) is 11.6. The van der Waals surface area contributed by atoms with Crippen molar-refractivity contribution in [1.29, 1.82) is 0 Å². The fraction of sp³-hybridized carbons (Fsp3) is 0.500. The van der Waals surface area contributed by atoms with E-state index in [1.165, 1.54) is 0 Å². The van der Waals surface area contributed by atoms with E-state index in [9.17, 15) is 5.11 Å². The van der Waals surface area contributed by atoms with E-state index in [1.54, 1.807) is 6.07 Å². The van der Waals surface area contributed by atoms with Crippen molar-refractivity contribution < 1.29 is 5.11 Å². The molecular weight excluding hydrogens is 245 g/mol. The van der Waals surface area contributed by atoms with E-state index in [1.807, 2.05) is 12.1 Å². The van der Waals surface area contributed by atoms with Crippen LogP contribution in [0.1, 0.15) is 24.8 Å². The molecule has 0 spiro atoms. The molecule has 0 saturated carbocycles. The summed E-state index contributed by atoms with van der Waals surface area (Å²) in [5.74, 6) is 0. The van der Waals surface area contributed by atoms with Crippen molar-refractivity contribution >= 4 is 23.2 Å². The van der Waals surface area contributed by atoms with Crippen molar-refractivity contribution in [2.24, 2.45) is 0 Å². The minimum atomic E-state index is -0.842. The standard InChI is InChI=1S/C12H15Cl2NO/c13-10-4-1-3-9(11(10)14)12(16)5-2-7-15-8-6-12/h1,3-4,15-16H,2,5-8H2. The van der Waals surface area contributed by atoms with Crippen molar-refractivity contribution in [3.63, 3.8) is 0 Å². The Morgan fingerprint density at radius 2 is 2.00 bits per heavy atom. The van der Waals surface area contributed by atoms with Gasteiger partial charge >= 0.3 is 0 Å². The van der Waals surface area contributed by atoms with Crippen LogP contribution in [0.25, 0.3) is 0 Å². The van der Waals surface area contributed by atoms with Gasteiger partial charge in [-0.25, -0.2) is 0 Å². The molecular formula is C12H15Cl2NO. The molecule has 1 aliphatic rings. The first-order valence-corrected chi connectivity index (χ1v) is 6.27. The van der Waals surface area contributed by atoms with Crippen molar-refractivity contribution in [1.82, 2.24) is 5.32 Å². The lowest BCUT2D eigenvalue weighted by Gasteiger charge is -2.28. The molecule has 1 aromatic carbocycles. The average molecular weight is 260 g/mol. The van der Waals surface area contributed by atoms with E-state index in [0.29, 0.717) is 16.5 Å². The molecule has 1 unspecified atom stereocenters. The summed E-state index contributed by atoms with van der Waals surface area (Å²) in [5, 5.41) is 14.9. The molecule has 0 bridgehead atoms. The Morgan fingerprint density at radius 3 is 2.81 bits per heavy atom. The molecule has 2 nitrogen and oxygen atoms in total. The first kappa shape index (κ1) is 12.2. The Morgan fingerprint density at radius 1 is 1.19 bits per heavy atom. The van der Waals surface area contributed by atoms with Gasteiger partial charge in [0.2, 0.25) is 0 Å². The summed E-state index contributed by atoms with van der Waals surface area (Å²) in [6.45, 7) is 1.75. The normalized spacial score (nSPS) is 26.4. The van der Waals surface area contributed by atoms with Gasteiger partial charge in [0.1, 0.15) is 0 Å². The Kier molecular flexibility index (Phi) is 3.75. The van der Waals surface area contributed by atoms with E-state index < -0.39 is 5.60 Å². The molecule has 2 N–H and O–H groups in total. The monoisotopic (exact) mass is 259 g/mol. The predicted octanol–water partition coefficient (Wildman–Crippen LogP) is 2.95. The summed E-state index contributed by atoms with van der Waals surface area (Å²) < 4.78 is 0. The molecule has 1 aliphatic heterocycles. The molecule has 1 fully saturated rings. The van der Waals surface area contributed by atoms with E-state index in [2.05, 4.69) is 5.32 Å². The predicted molar refractivity (Wildman–Crippen MR) is 67.1 cm³/mol. The summed E-state index contributed by atoms with van der Waals surface area (Å²) >= 11 is 12.1. The molecule has 0 aromatic heterocycles. The Balaban J connectivity index is 2.37. The second-order valence-electron chi connectivity index (χ2n) is 4.24. The third kappa shape index (κ3) is 2.35. The summed E-state index contributed by atoms with van der Waals surface area (Å²) in [6.07, 6.45) is 2.34. The Bertz CT molecular complexity index is 373. The maximum absolute atomic E-state index is 10.6. The van der Waals surface area contributed by atoms with Crippen LogP contribution in [0.5, 0.6) is 0 Å². The molecule has 0 amide bonds. The van der Waals surface area contributed by atoms with E-state index >= 15 is 0 Å². The molecule has 88 valence electrons. The number of benzene rings is 1. The molecule has 1 aromatic rings. The van der Waals surface area contributed by atoms with Crippen LogP contribution in [-0.2, 0) is 5.60 Å². The van der Waals surface area contributed by atoms with Gasteiger partial charge in [-0.05, 0) is 38.4 Å². The van der Waals surface area contributed by atoms with Gasteiger partial charge in [-0.3, -0.25) is 0 Å². The first-order valence-electron chi connectivity index (χ1n) is 5.51. The topological polar surface area (TPSA) is 32.3 Å². The van der Waals surface area contributed by atoms with Crippen molar-refractivity contribution in [3.8, 4) is 0 Å². The van der Waals surface area contributed by atoms with Gasteiger partial charge in [0.05, 0.1) is 15.6 Å². The maximum atomic E-state index is 10.6. The maximum Gasteiger partial charge on any atom is 0.0924 e. The van der Waals surface area contributed by atoms with Crippen molar-refractivity contribution in [3.05, 3.63) is 33.8 Å². The highest BCUT2D eigenvalue weighted by Crippen LogP contribution is 2.38. The van der Waals surface area contributed by atoms with Crippen LogP contribution in [0, 0.1) is 0 Å². The molecule has 0 aliphatic carbocycles. The number of hydrogen-bond acceptors (Lipinski definition) is 2. The van der Waals surface area contributed by atoms with Crippen molar-refractivity contribution in [2.75, 3.05) is 13.1 Å². The number of halogens is 2. The van der Waals surface area contributed by atoms with Gasteiger partial charge in [0, 0.05) is 5.56 Å². The molecule has 1 saturated heterocycles. The van der Waals surface area contributed by atoms with E-state index in [0.717, 1.165) is 31.5 Å². The fourth-order valence-electron chi connectivity index (χ4n) is 2.18. The smallest absolute Gasteiger partial charge is 0.0924 e. The van der Waals surface area contributed by atoms with Crippen LogP contribution < -0.4 is 5.32 Å². The van der Waals surface area contributed by atoms with Crippen LogP contribution in [0.15, 0.2) is 18.2 Å². The quantitative estimate of drug-likeness (QED) is 0.813. The lowest BCUT2D eigenvalue weighted by Crippen LogP contribution is -2.27. The van der Waals surface area contributed by atoms with Gasteiger partial charge < -0.3 is 10.4 Å². The summed E-state index contributed by atoms with van der Waals surface area (Å²) in [4.78, 5) is 0. The van der Waals surface area contributed by atoms with Gasteiger partial charge in [-0.1, -0.05) is 35.3 Å². The van der Waals surface area contributed by atoms with Crippen LogP contribution in [0.3, 0.4) is 0 Å². The van der Waals surface area contributed by atoms with Crippen LogP contribution in [-0.4, -0.2) is 18.2 Å². The van der Waals surface area contributed by atoms with Crippen LogP contribution >= 0.6 is 23.2 Å². The van der Waals surface area contributed by atoms with Gasteiger partial charge in [-0.2, -0.15) is 0 Å². The number of nitrogens with one attached hydrogen (secondary N) is 1. The lowest BCUT2D eigenvalue weighted by atomic mass is 9.87. The van der Waals surface area contributed by atoms with Gasteiger partial charge in [0.25, 0.3) is 0 Å². The number of aliphatic hydroxyl groups is 1. The van der Waals surface area contributed by atoms with Crippen LogP contribution in [0.4, 0.5) is 0 Å². The second-order valence-corrected chi connectivity index (χ2v) is 5.02. The molecule has 4 heteroatoms. The van der Waals surface area contributed by atoms with Gasteiger partial charge in [-0.15, -0.1) is 0 Å². The Labute approximate surface area is 106 Å². The minimum Gasteiger partial charge on any atom is -0.385 e.